The highest BCUT2D eigenvalue weighted by atomic mass is 16.5. The molecule has 6 heteroatoms. The van der Waals surface area contributed by atoms with Gasteiger partial charge in [0.2, 0.25) is 0 Å². The summed E-state index contributed by atoms with van der Waals surface area (Å²) in [6, 6.07) is 5.21. The second-order valence-electron chi connectivity index (χ2n) is 7.28. The normalized spacial score (nSPS) is 19.6. The molecule has 2 aliphatic rings. The molecule has 2 heterocycles. The van der Waals surface area contributed by atoms with Crippen LogP contribution in [0, 0.1) is 0 Å². The van der Waals surface area contributed by atoms with Crippen LogP contribution in [0.3, 0.4) is 0 Å². The van der Waals surface area contributed by atoms with E-state index in [1.807, 2.05) is 18.2 Å². The van der Waals surface area contributed by atoms with Gasteiger partial charge in [-0.3, -0.25) is 4.79 Å². The van der Waals surface area contributed by atoms with Crippen LogP contribution in [-0.4, -0.2) is 43.1 Å². The van der Waals surface area contributed by atoms with Gasteiger partial charge < -0.3 is 18.8 Å². The van der Waals surface area contributed by atoms with Crippen molar-refractivity contribution < 1.29 is 23.5 Å². The van der Waals surface area contributed by atoms with E-state index in [1.54, 1.807) is 4.90 Å². The zero-order valence-electron chi connectivity index (χ0n) is 15.7. The van der Waals surface area contributed by atoms with Crippen molar-refractivity contribution in [1.82, 2.24) is 4.90 Å². The van der Waals surface area contributed by atoms with E-state index in [4.69, 9.17) is 13.9 Å². The fourth-order valence-corrected chi connectivity index (χ4v) is 4.17. The summed E-state index contributed by atoms with van der Waals surface area (Å²) >= 11 is 0. The molecule has 0 saturated carbocycles. The number of furan rings is 1. The van der Waals surface area contributed by atoms with Crippen LogP contribution in [0.25, 0.3) is 11.0 Å². The Morgan fingerprint density at radius 3 is 2.89 bits per heavy atom. The van der Waals surface area contributed by atoms with E-state index in [1.165, 1.54) is 25.5 Å². The average molecular weight is 371 g/mol. The van der Waals surface area contributed by atoms with Crippen molar-refractivity contribution in [2.45, 2.75) is 51.0 Å². The molecule has 1 fully saturated rings. The number of ether oxygens (including phenoxy) is 2. The maximum absolute atomic E-state index is 12.6. The Bertz CT molecular complexity index is 856. The van der Waals surface area contributed by atoms with Crippen LogP contribution in [0.5, 0.6) is 5.75 Å². The summed E-state index contributed by atoms with van der Waals surface area (Å²) in [5.74, 6) is 1.20. The zero-order valence-corrected chi connectivity index (χ0v) is 15.7. The summed E-state index contributed by atoms with van der Waals surface area (Å²) in [6.45, 7) is 0.481. The van der Waals surface area contributed by atoms with Gasteiger partial charge in [-0.05, 0) is 56.7 Å². The lowest BCUT2D eigenvalue weighted by Crippen LogP contribution is -2.50. The zero-order chi connectivity index (χ0) is 18.8. The molecule has 1 amide bonds. The maximum Gasteiger partial charge on any atom is 0.328 e. The van der Waals surface area contributed by atoms with Crippen molar-refractivity contribution in [3.8, 4) is 5.75 Å². The Morgan fingerprint density at radius 2 is 2.04 bits per heavy atom. The number of likely N-dealkylation sites (tertiary alicyclic amines) is 1. The van der Waals surface area contributed by atoms with Gasteiger partial charge in [-0.2, -0.15) is 0 Å². The van der Waals surface area contributed by atoms with E-state index >= 15 is 0 Å². The Kier molecular flexibility index (Phi) is 5.05. The van der Waals surface area contributed by atoms with E-state index < -0.39 is 6.04 Å². The van der Waals surface area contributed by atoms with Gasteiger partial charge in [0.05, 0.1) is 7.11 Å². The fraction of sp³-hybridized carbons (Fsp3) is 0.524. The predicted molar refractivity (Wildman–Crippen MR) is 99.7 cm³/mol. The average Bonchev–Trinajstić information content (AvgIpc) is 3.09. The molecule has 1 aliphatic carbocycles. The second kappa shape index (κ2) is 7.62. The van der Waals surface area contributed by atoms with Crippen molar-refractivity contribution in [1.29, 1.82) is 0 Å². The molecule has 4 rings (SSSR count). The number of nitrogens with zero attached hydrogens (tertiary/aromatic N) is 1. The smallest absolute Gasteiger partial charge is 0.328 e. The number of aryl methyl sites for hydroxylation is 2. The number of carbonyl (C=O) groups is 2. The third-order valence-corrected chi connectivity index (χ3v) is 5.59. The van der Waals surface area contributed by atoms with E-state index in [9.17, 15) is 9.59 Å². The van der Waals surface area contributed by atoms with Crippen LogP contribution in [0.4, 0.5) is 0 Å². The molecule has 1 aromatic carbocycles. The van der Waals surface area contributed by atoms with Gasteiger partial charge in [0.25, 0.3) is 5.91 Å². The molecular weight excluding hydrogens is 346 g/mol. The minimum Gasteiger partial charge on any atom is -0.484 e. The Balaban J connectivity index is 1.46. The fourth-order valence-electron chi connectivity index (χ4n) is 4.17. The molecule has 27 heavy (non-hydrogen) atoms. The summed E-state index contributed by atoms with van der Waals surface area (Å²) in [5.41, 5.74) is 2.15. The molecule has 0 bridgehead atoms. The monoisotopic (exact) mass is 371 g/mol. The van der Waals surface area contributed by atoms with Gasteiger partial charge >= 0.3 is 5.97 Å². The molecular formula is C21H25NO5. The summed E-state index contributed by atoms with van der Waals surface area (Å²) in [7, 11) is 1.36. The van der Waals surface area contributed by atoms with Crippen molar-refractivity contribution in [3.05, 3.63) is 29.5 Å². The highest BCUT2D eigenvalue weighted by molar-refractivity contribution is 5.86. The number of hydrogen-bond donors (Lipinski definition) is 0. The van der Waals surface area contributed by atoms with Crippen molar-refractivity contribution in [2.75, 3.05) is 20.3 Å². The van der Waals surface area contributed by atoms with Crippen LogP contribution in [0.1, 0.15) is 43.4 Å². The number of amides is 1. The molecule has 1 saturated heterocycles. The van der Waals surface area contributed by atoms with Gasteiger partial charge in [-0.15, -0.1) is 0 Å². The molecule has 1 atom stereocenters. The quantitative estimate of drug-likeness (QED) is 0.772. The Labute approximate surface area is 158 Å². The third-order valence-electron chi connectivity index (χ3n) is 5.59. The highest BCUT2D eigenvalue weighted by Crippen LogP contribution is 2.34. The first-order chi connectivity index (χ1) is 13.2. The minimum absolute atomic E-state index is 0.0843. The first kappa shape index (κ1) is 17.9. The number of fused-ring (bicyclic) bond motifs is 3. The highest BCUT2D eigenvalue weighted by Gasteiger charge is 2.33. The number of piperidine rings is 1. The van der Waals surface area contributed by atoms with Gasteiger partial charge in [0.15, 0.2) is 6.61 Å². The van der Waals surface area contributed by atoms with E-state index in [2.05, 4.69) is 0 Å². The SMILES string of the molecule is COC(=O)C1CCCCN1C(=O)COc1ccc2oc3c(c2c1)CCCC3. The first-order valence-corrected chi connectivity index (χ1v) is 9.72. The first-order valence-electron chi connectivity index (χ1n) is 9.72. The van der Waals surface area contributed by atoms with Crippen molar-refractivity contribution >= 4 is 22.8 Å². The van der Waals surface area contributed by atoms with Crippen LogP contribution in [-0.2, 0) is 27.2 Å². The summed E-state index contributed by atoms with van der Waals surface area (Å²) < 4.78 is 16.5. The van der Waals surface area contributed by atoms with Gasteiger partial charge in [-0.25, -0.2) is 4.79 Å². The van der Waals surface area contributed by atoms with E-state index in [0.717, 1.165) is 42.4 Å². The summed E-state index contributed by atoms with van der Waals surface area (Å²) in [6.07, 6.45) is 6.82. The van der Waals surface area contributed by atoms with Crippen molar-refractivity contribution in [3.63, 3.8) is 0 Å². The second-order valence-corrected chi connectivity index (χ2v) is 7.28. The van der Waals surface area contributed by atoms with E-state index in [0.29, 0.717) is 18.7 Å². The van der Waals surface area contributed by atoms with Gasteiger partial charge in [-0.1, -0.05) is 0 Å². The number of benzene rings is 1. The predicted octanol–water partition coefficient (Wildman–Crippen LogP) is 3.24. The summed E-state index contributed by atoms with van der Waals surface area (Å²) in [4.78, 5) is 26.2. The largest absolute Gasteiger partial charge is 0.484 e. The lowest BCUT2D eigenvalue weighted by Gasteiger charge is -2.33. The van der Waals surface area contributed by atoms with Crippen LogP contribution >= 0.6 is 0 Å². The number of methoxy groups -OCH3 is 1. The van der Waals surface area contributed by atoms with Crippen LogP contribution in [0.2, 0.25) is 0 Å². The molecule has 144 valence electrons. The molecule has 0 spiro atoms. The molecule has 1 aliphatic heterocycles. The number of esters is 1. The van der Waals surface area contributed by atoms with Crippen LogP contribution in [0.15, 0.2) is 22.6 Å². The van der Waals surface area contributed by atoms with Crippen molar-refractivity contribution in [2.24, 2.45) is 0 Å². The Morgan fingerprint density at radius 1 is 1.19 bits per heavy atom. The molecule has 0 radical (unpaired) electrons. The van der Waals surface area contributed by atoms with Crippen LogP contribution < -0.4 is 4.74 Å². The molecule has 1 aromatic heterocycles. The molecule has 0 N–H and O–H groups in total. The number of carbonyl (C=O) groups excluding carboxylic acids is 2. The number of hydrogen-bond acceptors (Lipinski definition) is 5. The van der Waals surface area contributed by atoms with Gasteiger partial charge in [0, 0.05) is 23.9 Å². The number of rotatable bonds is 4. The maximum atomic E-state index is 12.6. The summed E-state index contributed by atoms with van der Waals surface area (Å²) in [5, 5.41) is 1.08. The lowest BCUT2D eigenvalue weighted by atomic mass is 9.96. The Hall–Kier alpha value is -2.50. The lowest BCUT2D eigenvalue weighted by molar-refractivity contribution is -0.155. The standard InChI is InChI=1S/C21H25NO5/c1-25-21(24)17-7-4-5-11-22(17)20(23)13-26-14-9-10-19-16(12-14)15-6-2-3-8-18(15)27-19/h9-10,12,17H,2-8,11,13H2,1H3. The molecule has 6 nitrogen and oxygen atoms in total. The molecule has 1 unspecified atom stereocenters. The van der Waals surface area contributed by atoms with Gasteiger partial charge in [0.1, 0.15) is 23.1 Å². The third kappa shape index (κ3) is 3.53. The topological polar surface area (TPSA) is 69.0 Å². The molecule has 2 aromatic rings. The van der Waals surface area contributed by atoms with E-state index in [-0.39, 0.29) is 18.5 Å². The minimum atomic E-state index is -0.497.